The second kappa shape index (κ2) is 12.3. The van der Waals surface area contributed by atoms with Crippen LogP contribution in [0.4, 0.5) is 4.79 Å². The summed E-state index contributed by atoms with van der Waals surface area (Å²) in [6.45, 7) is 4.77. The van der Waals surface area contributed by atoms with Crippen LogP contribution in [0.1, 0.15) is 83.5 Å². The molecule has 31 heavy (non-hydrogen) atoms. The fraction of sp³-hybridized carbons (Fsp3) is 0.800. The molecule has 2 aliphatic heterocycles. The Kier molecular flexibility index (Phi) is 9.21. The quantitative estimate of drug-likeness (QED) is 0.592. The predicted octanol–water partition coefficient (Wildman–Crippen LogP) is 5.64. The smallest absolute Gasteiger partial charge is 0.322 e. The fourth-order valence-electron chi connectivity index (χ4n) is 5.55. The van der Waals surface area contributed by atoms with Gasteiger partial charge in [0, 0.05) is 43.2 Å². The van der Waals surface area contributed by atoms with Gasteiger partial charge < -0.3 is 15.0 Å². The lowest BCUT2D eigenvalue weighted by Crippen LogP contribution is -2.52. The van der Waals surface area contributed by atoms with E-state index in [0.717, 1.165) is 57.1 Å². The number of nitrogens with one attached hydrogen (secondary N) is 1. The molecule has 1 N–H and O–H groups in total. The molecule has 2 amide bonds. The molecule has 0 aromatic carbocycles. The maximum atomic E-state index is 13.6. The fourth-order valence-corrected chi connectivity index (χ4v) is 6.62. The highest BCUT2D eigenvalue weighted by atomic mass is 32.2. The SMILES string of the molecule is O=C(NC1=CCCC=C(CN2CCCOCC2)S1)N(C1CCCCC1)C1CCCCC1. The zero-order valence-corrected chi connectivity index (χ0v) is 20.0. The molecule has 0 bridgehead atoms. The Morgan fingerprint density at radius 2 is 1.61 bits per heavy atom. The van der Waals surface area contributed by atoms with Gasteiger partial charge in [0.05, 0.1) is 11.6 Å². The monoisotopic (exact) mass is 447 g/mol. The summed E-state index contributed by atoms with van der Waals surface area (Å²) in [5.74, 6) is 0. The molecule has 2 saturated carbocycles. The van der Waals surface area contributed by atoms with Crippen molar-refractivity contribution in [2.24, 2.45) is 0 Å². The minimum Gasteiger partial charge on any atom is -0.380 e. The first-order valence-corrected chi connectivity index (χ1v) is 13.6. The molecule has 0 aromatic heterocycles. The number of amides is 2. The van der Waals surface area contributed by atoms with Gasteiger partial charge in [-0.3, -0.25) is 4.90 Å². The van der Waals surface area contributed by atoms with Gasteiger partial charge in [-0.2, -0.15) is 0 Å². The molecule has 0 unspecified atom stereocenters. The van der Waals surface area contributed by atoms with E-state index in [-0.39, 0.29) is 6.03 Å². The molecule has 2 aliphatic carbocycles. The highest BCUT2D eigenvalue weighted by molar-refractivity contribution is 8.06. The van der Waals surface area contributed by atoms with Crippen molar-refractivity contribution in [3.63, 3.8) is 0 Å². The molecule has 5 nitrogen and oxygen atoms in total. The zero-order valence-electron chi connectivity index (χ0n) is 19.2. The first-order valence-electron chi connectivity index (χ1n) is 12.8. The van der Waals surface area contributed by atoms with Crippen LogP contribution in [0.5, 0.6) is 0 Å². The third-order valence-electron chi connectivity index (χ3n) is 7.20. The number of rotatable bonds is 5. The van der Waals surface area contributed by atoms with Gasteiger partial charge in [-0.05, 0) is 44.9 Å². The average molecular weight is 448 g/mol. The summed E-state index contributed by atoms with van der Waals surface area (Å²) in [6, 6.07) is 1.02. The van der Waals surface area contributed by atoms with Crippen molar-refractivity contribution in [1.29, 1.82) is 0 Å². The van der Waals surface area contributed by atoms with Crippen LogP contribution in [0.15, 0.2) is 22.1 Å². The highest BCUT2D eigenvalue weighted by Crippen LogP contribution is 2.32. The van der Waals surface area contributed by atoms with Gasteiger partial charge in [-0.15, -0.1) is 0 Å². The summed E-state index contributed by atoms with van der Waals surface area (Å²) >= 11 is 1.77. The average Bonchev–Trinajstić information content (AvgIpc) is 3.18. The highest BCUT2D eigenvalue weighted by Gasteiger charge is 2.33. The first kappa shape index (κ1) is 23.2. The van der Waals surface area contributed by atoms with E-state index in [1.807, 2.05) is 0 Å². The molecule has 174 valence electrons. The Morgan fingerprint density at radius 3 is 2.32 bits per heavy atom. The number of thioether (sulfide) groups is 1. The van der Waals surface area contributed by atoms with E-state index >= 15 is 0 Å². The molecule has 0 radical (unpaired) electrons. The number of urea groups is 1. The van der Waals surface area contributed by atoms with Crippen molar-refractivity contribution in [1.82, 2.24) is 15.1 Å². The molecule has 0 spiro atoms. The van der Waals surface area contributed by atoms with Gasteiger partial charge in [0.25, 0.3) is 0 Å². The summed E-state index contributed by atoms with van der Waals surface area (Å²) in [7, 11) is 0. The summed E-state index contributed by atoms with van der Waals surface area (Å²) in [6.07, 6.45) is 20.2. The molecule has 3 fully saturated rings. The lowest BCUT2D eigenvalue weighted by molar-refractivity contribution is 0.107. The topological polar surface area (TPSA) is 44.8 Å². The van der Waals surface area contributed by atoms with Crippen molar-refractivity contribution in [3.8, 4) is 0 Å². The van der Waals surface area contributed by atoms with E-state index in [0.29, 0.717) is 12.1 Å². The Hall–Kier alpha value is -0.980. The van der Waals surface area contributed by atoms with Gasteiger partial charge in [-0.25, -0.2) is 4.79 Å². The van der Waals surface area contributed by atoms with E-state index in [2.05, 4.69) is 27.3 Å². The molecular formula is C25H41N3O2S. The van der Waals surface area contributed by atoms with E-state index in [4.69, 9.17) is 4.74 Å². The predicted molar refractivity (Wildman–Crippen MR) is 129 cm³/mol. The second-order valence-corrected chi connectivity index (χ2v) is 10.7. The van der Waals surface area contributed by atoms with Gasteiger partial charge in [0.1, 0.15) is 0 Å². The Balaban J connectivity index is 1.38. The van der Waals surface area contributed by atoms with Crippen LogP contribution in [0.2, 0.25) is 0 Å². The van der Waals surface area contributed by atoms with Gasteiger partial charge in [0.2, 0.25) is 0 Å². The number of hydrogen-bond acceptors (Lipinski definition) is 4. The van der Waals surface area contributed by atoms with E-state index in [1.165, 1.54) is 69.1 Å². The summed E-state index contributed by atoms with van der Waals surface area (Å²) in [5, 5.41) is 4.40. The largest absolute Gasteiger partial charge is 0.380 e. The molecular weight excluding hydrogens is 406 g/mol. The standard InChI is InChI=1S/C25H41N3O2S/c29-25(28(21-10-3-1-4-11-21)22-12-5-2-6-13-22)26-24-15-8-7-14-23(31-24)20-27-16-9-18-30-19-17-27/h14-15,21-22H,1-13,16-20H2,(H,26,29). The maximum absolute atomic E-state index is 13.6. The molecule has 4 rings (SSSR count). The maximum Gasteiger partial charge on any atom is 0.322 e. The number of allylic oxidation sites excluding steroid dienone is 2. The molecule has 2 heterocycles. The molecule has 0 aromatic rings. The Bertz CT molecular complexity index is 613. The van der Waals surface area contributed by atoms with Crippen LogP contribution in [-0.4, -0.2) is 60.8 Å². The van der Waals surface area contributed by atoms with Crippen molar-refractivity contribution < 1.29 is 9.53 Å². The normalized spacial score (nSPS) is 25.2. The first-order chi connectivity index (χ1) is 15.3. The van der Waals surface area contributed by atoms with Crippen LogP contribution in [-0.2, 0) is 4.74 Å². The summed E-state index contributed by atoms with van der Waals surface area (Å²) < 4.78 is 5.61. The van der Waals surface area contributed by atoms with Crippen LogP contribution in [0.25, 0.3) is 0 Å². The molecule has 4 aliphatic rings. The third kappa shape index (κ3) is 7.00. The van der Waals surface area contributed by atoms with E-state index < -0.39 is 0 Å². The summed E-state index contributed by atoms with van der Waals surface area (Å²) in [4.78, 5) is 19.7. The Labute approximate surface area is 193 Å². The number of nitrogens with zero attached hydrogens (tertiary/aromatic N) is 2. The number of hydrogen-bond donors (Lipinski definition) is 1. The zero-order chi connectivity index (χ0) is 21.3. The van der Waals surface area contributed by atoms with Crippen molar-refractivity contribution in [2.75, 3.05) is 32.8 Å². The van der Waals surface area contributed by atoms with Crippen molar-refractivity contribution in [3.05, 3.63) is 22.1 Å². The van der Waals surface area contributed by atoms with Gasteiger partial charge in [0.15, 0.2) is 0 Å². The molecule has 6 heteroatoms. The minimum atomic E-state index is 0.155. The minimum absolute atomic E-state index is 0.155. The number of carbonyl (C=O) groups excluding carboxylic acids is 1. The number of carbonyl (C=O) groups is 1. The lowest BCUT2D eigenvalue weighted by atomic mass is 9.89. The summed E-state index contributed by atoms with van der Waals surface area (Å²) in [5.41, 5.74) is 0. The van der Waals surface area contributed by atoms with Crippen LogP contribution >= 0.6 is 11.8 Å². The number of ether oxygens (including phenoxy) is 1. The van der Waals surface area contributed by atoms with Crippen LogP contribution in [0, 0.1) is 0 Å². The second-order valence-electron chi connectivity index (χ2n) is 9.58. The van der Waals surface area contributed by atoms with Crippen LogP contribution < -0.4 is 5.32 Å². The van der Waals surface area contributed by atoms with E-state index in [1.54, 1.807) is 11.8 Å². The van der Waals surface area contributed by atoms with Gasteiger partial charge >= 0.3 is 6.03 Å². The third-order valence-corrected chi connectivity index (χ3v) is 8.25. The molecule has 1 saturated heterocycles. The Morgan fingerprint density at radius 1 is 0.935 bits per heavy atom. The van der Waals surface area contributed by atoms with Crippen molar-refractivity contribution in [2.45, 2.75) is 95.6 Å². The van der Waals surface area contributed by atoms with E-state index in [9.17, 15) is 4.79 Å². The lowest BCUT2D eigenvalue weighted by Gasteiger charge is -2.41. The molecule has 0 atom stereocenters. The van der Waals surface area contributed by atoms with Crippen molar-refractivity contribution >= 4 is 17.8 Å². The van der Waals surface area contributed by atoms with Gasteiger partial charge in [-0.1, -0.05) is 62.4 Å². The van der Waals surface area contributed by atoms with Crippen LogP contribution in [0.3, 0.4) is 0 Å².